The summed E-state index contributed by atoms with van der Waals surface area (Å²) in [6, 6.07) is 3.53. The van der Waals surface area contributed by atoms with E-state index >= 15 is 0 Å². The van der Waals surface area contributed by atoms with Crippen molar-refractivity contribution in [2.24, 2.45) is 5.92 Å². The van der Waals surface area contributed by atoms with Crippen LogP contribution in [0.1, 0.15) is 29.3 Å². The number of sulfone groups is 1. The predicted molar refractivity (Wildman–Crippen MR) is 77.9 cm³/mol. The molecular weight excluding hydrogens is 292 g/mol. The third-order valence-corrected chi connectivity index (χ3v) is 5.85. The van der Waals surface area contributed by atoms with Gasteiger partial charge in [0.05, 0.1) is 24.2 Å². The van der Waals surface area contributed by atoms with Gasteiger partial charge < -0.3 is 9.47 Å². The van der Waals surface area contributed by atoms with Crippen LogP contribution in [-0.4, -0.2) is 38.9 Å². The summed E-state index contributed by atoms with van der Waals surface area (Å²) in [6.45, 7) is 1.97. The fourth-order valence-electron chi connectivity index (χ4n) is 3.02. The van der Waals surface area contributed by atoms with Crippen molar-refractivity contribution in [2.75, 3.05) is 18.6 Å². The summed E-state index contributed by atoms with van der Waals surface area (Å²) in [5, 5.41) is 0. The number of carbonyl (C=O) groups is 1. The van der Waals surface area contributed by atoms with Gasteiger partial charge in [-0.05, 0) is 25.5 Å². The summed E-state index contributed by atoms with van der Waals surface area (Å²) in [6.07, 6.45) is 1.26. The van der Waals surface area contributed by atoms with Gasteiger partial charge in [0, 0.05) is 17.9 Å². The highest BCUT2D eigenvalue weighted by atomic mass is 32.2. The van der Waals surface area contributed by atoms with E-state index in [2.05, 4.69) is 0 Å². The highest BCUT2D eigenvalue weighted by molar-refractivity contribution is 7.91. The van der Waals surface area contributed by atoms with Crippen LogP contribution in [-0.2, 0) is 16.3 Å². The highest BCUT2D eigenvalue weighted by Gasteiger charge is 2.35. The Labute approximate surface area is 124 Å². The fraction of sp³-hybridized carbons (Fsp3) is 0.533. The maximum absolute atomic E-state index is 12.6. The zero-order valence-corrected chi connectivity index (χ0v) is 12.9. The van der Waals surface area contributed by atoms with Crippen molar-refractivity contribution in [1.29, 1.82) is 0 Å². The van der Waals surface area contributed by atoms with E-state index in [1.807, 2.05) is 13.0 Å². The largest absolute Gasteiger partial charge is 0.496 e. The topological polar surface area (TPSA) is 69.7 Å². The normalized spacial score (nSPS) is 26.2. The summed E-state index contributed by atoms with van der Waals surface area (Å²) in [7, 11) is -1.56. The minimum absolute atomic E-state index is 0.0661. The lowest BCUT2D eigenvalue weighted by molar-refractivity contribution is 0.0929. The molecule has 0 aromatic heterocycles. The van der Waals surface area contributed by atoms with E-state index in [0.717, 1.165) is 12.0 Å². The first-order valence-electron chi connectivity index (χ1n) is 7.02. The molecule has 2 heterocycles. The van der Waals surface area contributed by atoms with Gasteiger partial charge in [0.25, 0.3) is 0 Å². The van der Waals surface area contributed by atoms with Gasteiger partial charge in [-0.25, -0.2) is 8.42 Å². The maximum Gasteiger partial charge on any atom is 0.170 e. The van der Waals surface area contributed by atoms with Gasteiger partial charge >= 0.3 is 0 Å². The molecule has 0 bridgehead atoms. The van der Waals surface area contributed by atoms with Crippen LogP contribution in [0.2, 0.25) is 0 Å². The van der Waals surface area contributed by atoms with E-state index in [1.54, 1.807) is 6.07 Å². The summed E-state index contributed by atoms with van der Waals surface area (Å²) < 4.78 is 34.1. The number of hydrogen-bond acceptors (Lipinski definition) is 5. The standard InChI is InChI=1S/C15H18O5S/c1-9-5-11-6-14(19-2)12(7-13(11)20-9)15(16)10-3-4-21(17,18)8-10/h6-7,9-10H,3-5,8H2,1-2H3. The average Bonchev–Trinajstić information content (AvgIpc) is 2.97. The molecule has 0 N–H and O–H groups in total. The SMILES string of the molecule is COc1cc2c(cc1C(=O)C1CCS(=O)(=O)C1)OC(C)C2. The van der Waals surface area contributed by atoms with Gasteiger partial charge in [-0.1, -0.05) is 0 Å². The van der Waals surface area contributed by atoms with Crippen molar-refractivity contribution in [2.45, 2.75) is 25.9 Å². The number of methoxy groups -OCH3 is 1. The van der Waals surface area contributed by atoms with Crippen molar-refractivity contribution in [3.63, 3.8) is 0 Å². The summed E-state index contributed by atoms with van der Waals surface area (Å²) >= 11 is 0. The lowest BCUT2D eigenvalue weighted by Gasteiger charge is -2.13. The third kappa shape index (κ3) is 2.64. The molecule has 1 aromatic carbocycles. The van der Waals surface area contributed by atoms with Crippen molar-refractivity contribution < 1.29 is 22.7 Å². The number of ketones is 1. The molecule has 0 aliphatic carbocycles. The van der Waals surface area contributed by atoms with Crippen molar-refractivity contribution >= 4 is 15.6 Å². The Hall–Kier alpha value is -1.56. The number of ether oxygens (including phenoxy) is 2. The molecule has 21 heavy (non-hydrogen) atoms. The molecule has 114 valence electrons. The fourth-order valence-corrected chi connectivity index (χ4v) is 4.76. The monoisotopic (exact) mass is 310 g/mol. The van der Waals surface area contributed by atoms with Crippen molar-refractivity contribution in [3.05, 3.63) is 23.3 Å². The van der Waals surface area contributed by atoms with Gasteiger partial charge in [0.15, 0.2) is 15.6 Å². The summed E-state index contributed by atoms with van der Waals surface area (Å²) in [5.41, 5.74) is 1.45. The minimum atomic E-state index is -3.08. The van der Waals surface area contributed by atoms with E-state index < -0.39 is 15.8 Å². The van der Waals surface area contributed by atoms with E-state index in [0.29, 0.717) is 23.5 Å². The molecule has 2 aliphatic rings. The smallest absolute Gasteiger partial charge is 0.170 e. The second-order valence-corrected chi connectivity index (χ2v) is 7.99. The number of carbonyl (C=O) groups excluding carboxylic acids is 1. The van der Waals surface area contributed by atoms with E-state index in [9.17, 15) is 13.2 Å². The van der Waals surface area contributed by atoms with Gasteiger partial charge in [-0.15, -0.1) is 0 Å². The Bertz CT molecular complexity index is 692. The summed E-state index contributed by atoms with van der Waals surface area (Å²) in [5.74, 6) is 0.584. The number of rotatable bonds is 3. The van der Waals surface area contributed by atoms with Crippen LogP contribution in [0.15, 0.2) is 12.1 Å². The molecule has 0 amide bonds. The number of fused-ring (bicyclic) bond motifs is 1. The first-order chi connectivity index (χ1) is 9.89. The molecule has 6 heteroatoms. The van der Waals surface area contributed by atoms with Crippen LogP contribution >= 0.6 is 0 Å². The lowest BCUT2D eigenvalue weighted by Crippen LogP contribution is -2.17. The van der Waals surface area contributed by atoms with Gasteiger partial charge in [0.1, 0.15) is 17.6 Å². The molecule has 3 rings (SSSR count). The molecule has 2 unspecified atom stereocenters. The van der Waals surface area contributed by atoms with Crippen LogP contribution in [0.4, 0.5) is 0 Å². The first-order valence-corrected chi connectivity index (χ1v) is 8.84. The van der Waals surface area contributed by atoms with Crippen LogP contribution < -0.4 is 9.47 Å². The van der Waals surface area contributed by atoms with E-state index in [-0.39, 0.29) is 23.4 Å². The Morgan fingerprint density at radius 2 is 2.14 bits per heavy atom. The number of Topliss-reactive ketones (excluding diaryl/α,β-unsaturated/α-hetero) is 1. The second-order valence-electron chi connectivity index (χ2n) is 5.76. The molecule has 1 aromatic rings. The highest BCUT2D eigenvalue weighted by Crippen LogP contribution is 2.37. The summed E-state index contributed by atoms with van der Waals surface area (Å²) in [4.78, 5) is 12.6. The van der Waals surface area contributed by atoms with Crippen molar-refractivity contribution in [3.8, 4) is 11.5 Å². The number of benzene rings is 1. The molecule has 2 aliphatic heterocycles. The van der Waals surface area contributed by atoms with Crippen LogP contribution in [0, 0.1) is 5.92 Å². The molecule has 1 saturated heterocycles. The van der Waals surface area contributed by atoms with Crippen LogP contribution in [0.5, 0.6) is 11.5 Å². The van der Waals surface area contributed by atoms with Gasteiger partial charge in [-0.3, -0.25) is 4.79 Å². The predicted octanol–water partition coefficient (Wildman–Crippen LogP) is 1.64. The minimum Gasteiger partial charge on any atom is -0.496 e. The van der Waals surface area contributed by atoms with Gasteiger partial charge in [0.2, 0.25) is 0 Å². The quantitative estimate of drug-likeness (QED) is 0.794. The molecule has 0 saturated carbocycles. The molecular formula is C15H18O5S. The lowest BCUT2D eigenvalue weighted by atomic mass is 9.95. The molecule has 0 radical (unpaired) electrons. The van der Waals surface area contributed by atoms with E-state index in [4.69, 9.17) is 9.47 Å². The van der Waals surface area contributed by atoms with Crippen molar-refractivity contribution in [1.82, 2.24) is 0 Å². The molecule has 5 nitrogen and oxygen atoms in total. The Balaban J connectivity index is 1.95. The van der Waals surface area contributed by atoms with Crippen LogP contribution in [0.3, 0.4) is 0 Å². The first kappa shape index (κ1) is 14.4. The van der Waals surface area contributed by atoms with Crippen LogP contribution in [0.25, 0.3) is 0 Å². The van der Waals surface area contributed by atoms with E-state index in [1.165, 1.54) is 7.11 Å². The van der Waals surface area contributed by atoms with Gasteiger partial charge in [-0.2, -0.15) is 0 Å². The average molecular weight is 310 g/mol. The Kier molecular flexibility index (Phi) is 3.43. The zero-order chi connectivity index (χ0) is 15.2. The molecule has 0 spiro atoms. The second kappa shape index (κ2) is 5.02. The maximum atomic E-state index is 12.6. The Morgan fingerprint density at radius 1 is 1.38 bits per heavy atom. The zero-order valence-electron chi connectivity index (χ0n) is 12.1. The number of hydrogen-bond donors (Lipinski definition) is 0. The molecule has 1 fully saturated rings. The third-order valence-electron chi connectivity index (χ3n) is 4.09. The Morgan fingerprint density at radius 3 is 2.76 bits per heavy atom. The molecule has 2 atom stereocenters.